The molecule has 0 saturated carbocycles. The SMILES string of the molecule is COc1cc(OC)cc([C@@H](Nc2ccc([N+](=O)[O-])cc2Cl)c2nccn2C)c1. The Balaban J connectivity index is 2.07. The number of non-ortho nitro benzene ring substituents is 1. The number of halogens is 1. The maximum absolute atomic E-state index is 11.0. The minimum Gasteiger partial charge on any atom is -0.497 e. The van der Waals surface area contributed by atoms with Gasteiger partial charge >= 0.3 is 0 Å². The molecule has 0 unspecified atom stereocenters. The van der Waals surface area contributed by atoms with Gasteiger partial charge in [0.2, 0.25) is 0 Å². The maximum Gasteiger partial charge on any atom is 0.271 e. The third kappa shape index (κ3) is 4.01. The molecule has 0 aliphatic carbocycles. The van der Waals surface area contributed by atoms with Crippen LogP contribution >= 0.6 is 11.6 Å². The van der Waals surface area contributed by atoms with E-state index in [1.165, 1.54) is 12.1 Å². The summed E-state index contributed by atoms with van der Waals surface area (Å²) in [5.74, 6) is 1.99. The van der Waals surface area contributed by atoms with Crippen molar-refractivity contribution in [1.29, 1.82) is 0 Å². The smallest absolute Gasteiger partial charge is 0.271 e. The Hall–Kier alpha value is -3.26. The third-order valence-electron chi connectivity index (χ3n) is 4.29. The summed E-state index contributed by atoms with van der Waals surface area (Å²) in [6, 6.07) is 9.40. The van der Waals surface area contributed by atoms with E-state index < -0.39 is 11.0 Å². The van der Waals surface area contributed by atoms with E-state index in [1.54, 1.807) is 32.5 Å². The number of aryl methyl sites for hydroxylation is 1. The first-order chi connectivity index (χ1) is 13.4. The Morgan fingerprint density at radius 3 is 2.36 bits per heavy atom. The maximum atomic E-state index is 11.0. The number of rotatable bonds is 7. The third-order valence-corrected chi connectivity index (χ3v) is 4.60. The van der Waals surface area contributed by atoms with E-state index in [4.69, 9.17) is 21.1 Å². The molecule has 0 aliphatic rings. The topological polar surface area (TPSA) is 91.4 Å². The molecular weight excluding hydrogens is 384 g/mol. The van der Waals surface area contributed by atoms with Crippen molar-refractivity contribution in [3.8, 4) is 11.5 Å². The van der Waals surface area contributed by atoms with Gasteiger partial charge in [0.05, 0.1) is 29.9 Å². The first-order valence-electron chi connectivity index (χ1n) is 8.33. The number of aromatic nitrogens is 2. The summed E-state index contributed by atoms with van der Waals surface area (Å²) in [5.41, 5.74) is 1.30. The Labute approximate surface area is 166 Å². The van der Waals surface area contributed by atoms with Crippen LogP contribution in [0.2, 0.25) is 5.02 Å². The molecule has 0 bridgehead atoms. The number of methoxy groups -OCH3 is 2. The van der Waals surface area contributed by atoms with Gasteiger partial charge in [-0.1, -0.05) is 11.6 Å². The average Bonchev–Trinajstić information content (AvgIpc) is 3.11. The first-order valence-corrected chi connectivity index (χ1v) is 8.71. The predicted molar refractivity (Wildman–Crippen MR) is 106 cm³/mol. The van der Waals surface area contributed by atoms with Crippen LogP contribution in [0.3, 0.4) is 0 Å². The van der Waals surface area contributed by atoms with E-state index in [0.29, 0.717) is 17.2 Å². The monoisotopic (exact) mass is 402 g/mol. The molecule has 3 aromatic rings. The lowest BCUT2D eigenvalue weighted by atomic mass is 10.0. The Morgan fingerprint density at radius 1 is 1.18 bits per heavy atom. The van der Waals surface area contributed by atoms with Crippen molar-refractivity contribution < 1.29 is 14.4 Å². The number of nitro benzene ring substituents is 1. The number of ether oxygens (including phenoxy) is 2. The van der Waals surface area contributed by atoms with Crippen LogP contribution in [0.4, 0.5) is 11.4 Å². The number of hydrogen-bond donors (Lipinski definition) is 1. The van der Waals surface area contributed by atoms with Crippen LogP contribution in [0.5, 0.6) is 11.5 Å². The standard InChI is InChI=1S/C19H19ClN4O4/c1-23-7-6-21-19(23)18(12-8-14(27-2)11-15(9-12)28-3)22-17-5-4-13(24(25)26)10-16(17)20/h4-11,18,22H,1-3H3/t18-/m1/s1. The van der Waals surface area contributed by atoms with Crippen LogP contribution in [-0.4, -0.2) is 28.7 Å². The number of imidazole rings is 1. The number of hydrogen-bond acceptors (Lipinski definition) is 6. The summed E-state index contributed by atoms with van der Waals surface area (Å²) >= 11 is 6.28. The molecule has 0 fully saturated rings. The van der Waals surface area contributed by atoms with E-state index >= 15 is 0 Å². The number of nitrogens with one attached hydrogen (secondary N) is 1. The molecule has 8 nitrogen and oxygen atoms in total. The van der Waals surface area contributed by atoms with Crippen molar-refractivity contribution in [1.82, 2.24) is 9.55 Å². The number of anilines is 1. The lowest BCUT2D eigenvalue weighted by molar-refractivity contribution is -0.384. The molecule has 28 heavy (non-hydrogen) atoms. The van der Waals surface area contributed by atoms with Gasteiger partial charge in [0, 0.05) is 37.6 Å². The molecule has 9 heteroatoms. The van der Waals surface area contributed by atoms with Gasteiger partial charge in [-0.2, -0.15) is 0 Å². The number of nitrogens with zero attached hydrogens (tertiary/aromatic N) is 3. The Morgan fingerprint density at radius 2 is 1.86 bits per heavy atom. The van der Waals surface area contributed by atoms with E-state index in [-0.39, 0.29) is 10.7 Å². The normalized spacial score (nSPS) is 11.7. The second kappa shape index (κ2) is 8.18. The van der Waals surface area contributed by atoms with E-state index in [1.807, 2.05) is 29.9 Å². The molecule has 0 amide bonds. The highest BCUT2D eigenvalue weighted by atomic mass is 35.5. The molecule has 0 saturated heterocycles. The second-order valence-corrected chi connectivity index (χ2v) is 6.45. The van der Waals surface area contributed by atoms with Gasteiger partial charge in [0.15, 0.2) is 0 Å². The Bertz CT molecular complexity index is 983. The van der Waals surface area contributed by atoms with Crippen LogP contribution in [0.25, 0.3) is 0 Å². The minimum atomic E-state index is -0.487. The van der Waals surface area contributed by atoms with Gasteiger partial charge in [-0.3, -0.25) is 10.1 Å². The van der Waals surface area contributed by atoms with E-state index in [9.17, 15) is 10.1 Å². The Kier molecular flexibility index (Phi) is 5.70. The highest BCUT2D eigenvalue weighted by Gasteiger charge is 2.22. The zero-order valence-corrected chi connectivity index (χ0v) is 16.3. The summed E-state index contributed by atoms with van der Waals surface area (Å²) in [7, 11) is 5.04. The predicted octanol–water partition coefficient (Wildman–Crippen LogP) is 4.20. The largest absolute Gasteiger partial charge is 0.497 e. The lowest BCUT2D eigenvalue weighted by Gasteiger charge is -2.22. The van der Waals surface area contributed by atoms with Crippen LogP contribution in [0.15, 0.2) is 48.8 Å². The van der Waals surface area contributed by atoms with Crippen LogP contribution in [0.1, 0.15) is 17.4 Å². The van der Waals surface area contributed by atoms with Gasteiger partial charge in [-0.05, 0) is 23.8 Å². The molecular formula is C19H19ClN4O4. The van der Waals surface area contributed by atoms with Crippen molar-refractivity contribution in [2.45, 2.75) is 6.04 Å². The molecule has 0 radical (unpaired) electrons. The van der Waals surface area contributed by atoms with Gasteiger partial charge < -0.3 is 19.4 Å². The summed E-state index contributed by atoms with van der Waals surface area (Å²) in [4.78, 5) is 14.9. The quantitative estimate of drug-likeness (QED) is 0.470. The summed E-state index contributed by atoms with van der Waals surface area (Å²) in [6.07, 6.45) is 3.53. The van der Waals surface area contributed by atoms with Crippen molar-refractivity contribution in [3.05, 3.63) is 75.3 Å². The molecule has 1 atom stereocenters. The van der Waals surface area contributed by atoms with Crippen LogP contribution in [0, 0.1) is 10.1 Å². The minimum absolute atomic E-state index is 0.0767. The second-order valence-electron chi connectivity index (χ2n) is 6.04. The molecule has 0 aliphatic heterocycles. The van der Waals surface area contributed by atoms with E-state index in [2.05, 4.69) is 10.3 Å². The van der Waals surface area contributed by atoms with Crippen LogP contribution < -0.4 is 14.8 Å². The van der Waals surface area contributed by atoms with Crippen molar-refractivity contribution in [3.63, 3.8) is 0 Å². The molecule has 1 N–H and O–H groups in total. The summed E-state index contributed by atoms with van der Waals surface area (Å²) < 4.78 is 12.6. The highest BCUT2D eigenvalue weighted by molar-refractivity contribution is 6.33. The molecule has 2 aromatic carbocycles. The lowest BCUT2D eigenvalue weighted by Crippen LogP contribution is -2.17. The van der Waals surface area contributed by atoms with Gasteiger partial charge in [-0.15, -0.1) is 0 Å². The average molecular weight is 403 g/mol. The fraction of sp³-hybridized carbons (Fsp3) is 0.211. The summed E-state index contributed by atoms with van der Waals surface area (Å²) in [6.45, 7) is 0. The molecule has 1 aromatic heterocycles. The van der Waals surface area contributed by atoms with Gasteiger partial charge in [0.1, 0.15) is 23.4 Å². The molecule has 3 rings (SSSR count). The van der Waals surface area contributed by atoms with Gasteiger partial charge in [-0.25, -0.2) is 4.98 Å². The number of nitro groups is 1. The van der Waals surface area contributed by atoms with Crippen molar-refractivity contribution in [2.24, 2.45) is 7.05 Å². The molecule has 146 valence electrons. The summed E-state index contributed by atoms with van der Waals surface area (Å²) in [5, 5.41) is 14.5. The van der Waals surface area contributed by atoms with Crippen molar-refractivity contribution >= 4 is 23.0 Å². The fourth-order valence-electron chi connectivity index (χ4n) is 2.84. The molecule has 0 spiro atoms. The van der Waals surface area contributed by atoms with Crippen LogP contribution in [-0.2, 0) is 7.05 Å². The molecule has 1 heterocycles. The highest BCUT2D eigenvalue weighted by Crippen LogP contribution is 2.35. The zero-order valence-electron chi connectivity index (χ0n) is 15.5. The first kappa shape index (κ1) is 19.5. The zero-order chi connectivity index (χ0) is 20.3. The van der Waals surface area contributed by atoms with Gasteiger partial charge in [0.25, 0.3) is 5.69 Å². The van der Waals surface area contributed by atoms with E-state index in [0.717, 1.165) is 11.4 Å². The number of benzene rings is 2. The van der Waals surface area contributed by atoms with Crippen molar-refractivity contribution in [2.75, 3.05) is 19.5 Å². The fourth-order valence-corrected chi connectivity index (χ4v) is 3.07.